The van der Waals surface area contributed by atoms with Gasteiger partial charge < -0.3 is 4.98 Å². The molecule has 18 heavy (non-hydrogen) atoms. The molecule has 0 atom stereocenters. The molecule has 0 saturated heterocycles. The molecule has 4 nitrogen and oxygen atoms in total. The molecule has 0 aromatic carbocycles. The molecule has 0 radical (unpaired) electrons. The highest BCUT2D eigenvalue weighted by Gasteiger charge is 2.15. The Hall–Kier alpha value is -0.950. The van der Waals surface area contributed by atoms with Gasteiger partial charge in [0, 0.05) is 6.20 Å². The fourth-order valence-corrected chi connectivity index (χ4v) is 2.62. The van der Waals surface area contributed by atoms with Gasteiger partial charge in [0.25, 0.3) is 5.56 Å². The third-order valence-electron chi connectivity index (χ3n) is 2.42. The Balaban J connectivity index is 2.67. The van der Waals surface area contributed by atoms with E-state index in [4.69, 9.17) is 11.6 Å². The number of pyridine rings is 1. The summed E-state index contributed by atoms with van der Waals surface area (Å²) in [7, 11) is 0. The van der Waals surface area contributed by atoms with Crippen LogP contribution in [-0.4, -0.2) is 15.0 Å². The van der Waals surface area contributed by atoms with E-state index in [9.17, 15) is 4.79 Å². The second-order valence-corrected chi connectivity index (χ2v) is 5.59. The topological polar surface area (TPSA) is 58.6 Å². The number of nitrogens with zero attached hydrogens (tertiary/aromatic N) is 2. The quantitative estimate of drug-likeness (QED) is 0.820. The van der Waals surface area contributed by atoms with E-state index in [1.165, 1.54) is 0 Å². The zero-order valence-corrected chi connectivity index (χ0v) is 12.8. The number of hydrogen-bond donors (Lipinski definition) is 1. The highest BCUT2D eigenvalue weighted by Crippen LogP contribution is 2.23. The first-order valence-corrected chi connectivity index (χ1v) is 6.87. The van der Waals surface area contributed by atoms with Gasteiger partial charge in [-0.05, 0) is 40.6 Å². The number of nitrogens with one attached hydrogen (secondary N) is 1. The first-order chi connectivity index (χ1) is 8.50. The maximum atomic E-state index is 11.9. The van der Waals surface area contributed by atoms with Crippen molar-refractivity contribution in [3.8, 4) is 11.5 Å². The van der Waals surface area contributed by atoms with Gasteiger partial charge in [-0.2, -0.15) is 0 Å². The molecule has 1 N–H and O–H groups in total. The van der Waals surface area contributed by atoms with Gasteiger partial charge in [-0.25, -0.2) is 4.98 Å². The van der Waals surface area contributed by atoms with Crippen LogP contribution in [0.1, 0.15) is 25.5 Å². The van der Waals surface area contributed by atoms with E-state index in [2.05, 4.69) is 15.0 Å². The zero-order valence-electron chi connectivity index (χ0n) is 9.87. The molecule has 0 amide bonds. The highest BCUT2D eigenvalue weighted by atomic mass is 127. The molecule has 6 heteroatoms. The standard InChI is InChI=1S/C12H11ClIN3O/c1-6(2)9-8(14)12(18)17-11(16-9)10-7(13)4-3-5-15-10/h3-6H,1-2H3,(H,16,17,18). The molecule has 2 aromatic heterocycles. The average molecular weight is 376 g/mol. The van der Waals surface area contributed by atoms with Gasteiger partial charge in [-0.1, -0.05) is 25.4 Å². The Labute approximate surface area is 123 Å². The van der Waals surface area contributed by atoms with E-state index >= 15 is 0 Å². The normalized spacial score (nSPS) is 10.9. The van der Waals surface area contributed by atoms with E-state index in [1.807, 2.05) is 36.4 Å². The van der Waals surface area contributed by atoms with Crippen LogP contribution in [0.25, 0.3) is 11.5 Å². The maximum absolute atomic E-state index is 11.9. The van der Waals surface area contributed by atoms with E-state index in [-0.39, 0.29) is 11.5 Å². The van der Waals surface area contributed by atoms with Crippen LogP contribution in [-0.2, 0) is 0 Å². The first-order valence-electron chi connectivity index (χ1n) is 5.41. The van der Waals surface area contributed by atoms with Gasteiger partial charge in [0.05, 0.1) is 14.3 Å². The second kappa shape index (κ2) is 5.36. The molecule has 0 aliphatic heterocycles. The van der Waals surface area contributed by atoms with Crippen LogP contribution in [0, 0.1) is 3.57 Å². The number of halogens is 2. The average Bonchev–Trinajstić information content (AvgIpc) is 2.33. The summed E-state index contributed by atoms with van der Waals surface area (Å²) in [4.78, 5) is 23.2. The molecule has 0 aliphatic rings. The molecule has 94 valence electrons. The van der Waals surface area contributed by atoms with Crippen molar-refractivity contribution in [2.45, 2.75) is 19.8 Å². The Bertz CT molecular complexity index is 639. The van der Waals surface area contributed by atoms with Crippen molar-refractivity contribution >= 4 is 34.2 Å². The van der Waals surface area contributed by atoms with E-state index in [0.29, 0.717) is 20.1 Å². The molecule has 2 heterocycles. The van der Waals surface area contributed by atoms with Crippen molar-refractivity contribution in [3.05, 3.63) is 43.0 Å². The van der Waals surface area contributed by atoms with Crippen molar-refractivity contribution in [3.63, 3.8) is 0 Å². The fourth-order valence-electron chi connectivity index (χ4n) is 1.53. The second-order valence-electron chi connectivity index (χ2n) is 4.10. The molecule has 2 aromatic rings. The summed E-state index contributed by atoms with van der Waals surface area (Å²) in [6, 6.07) is 3.46. The number of aromatic nitrogens is 3. The number of aromatic amines is 1. The predicted molar refractivity (Wildman–Crippen MR) is 79.9 cm³/mol. The molecule has 2 rings (SSSR count). The van der Waals surface area contributed by atoms with Gasteiger partial charge in [-0.15, -0.1) is 0 Å². The molecule has 0 aliphatic carbocycles. The smallest absolute Gasteiger partial charge is 0.264 e. The van der Waals surface area contributed by atoms with Crippen LogP contribution < -0.4 is 5.56 Å². The lowest BCUT2D eigenvalue weighted by atomic mass is 10.1. The van der Waals surface area contributed by atoms with Gasteiger partial charge in [-0.3, -0.25) is 9.78 Å². The predicted octanol–water partition coefficient (Wildman–Crippen LogP) is 3.21. The van der Waals surface area contributed by atoms with Crippen LogP contribution in [0.5, 0.6) is 0 Å². The molecule has 0 unspecified atom stereocenters. The Kier molecular flexibility index (Phi) is 4.01. The van der Waals surface area contributed by atoms with Crippen molar-refractivity contribution in [2.75, 3.05) is 0 Å². The molecule has 0 saturated carbocycles. The Morgan fingerprint density at radius 2 is 2.17 bits per heavy atom. The third kappa shape index (κ3) is 2.56. The molecule has 0 spiro atoms. The summed E-state index contributed by atoms with van der Waals surface area (Å²) in [5.41, 5.74) is 1.09. The SMILES string of the molecule is CC(C)c1nc(-c2ncccc2Cl)[nH]c(=O)c1I. The van der Waals surface area contributed by atoms with E-state index < -0.39 is 0 Å². The summed E-state index contributed by atoms with van der Waals surface area (Å²) in [5, 5.41) is 0.469. The first kappa shape index (κ1) is 13.5. The lowest BCUT2D eigenvalue weighted by Gasteiger charge is -2.09. The minimum Gasteiger partial charge on any atom is -0.304 e. The summed E-state index contributed by atoms with van der Waals surface area (Å²) < 4.78 is 0.610. The highest BCUT2D eigenvalue weighted by molar-refractivity contribution is 14.1. The van der Waals surface area contributed by atoms with Crippen LogP contribution >= 0.6 is 34.2 Å². The lowest BCUT2D eigenvalue weighted by Crippen LogP contribution is -2.17. The summed E-state index contributed by atoms with van der Waals surface area (Å²) in [6.45, 7) is 3.99. The molecule has 0 bridgehead atoms. The van der Waals surface area contributed by atoms with Crippen molar-refractivity contribution in [2.24, 2.45) is 0 Å². The number of rotatable bonds is 2. The minimum absolute atomic E-state index is 0.161. The maximum Gasteiger partial charge on any atom is 0.264 e. The van der Waals surface area contributed by atoms with Gasteiger partial charge in [0.15, 0.2) is 5.82 Å². The summed E-state index contributed by atoms with van der Waals surface area (Å²) in [5.74, 6) is 0.579. The van der Waals surface area contributed by atoms with Gasteiger partial charge in [0.1, 0.15) is 5.69 Å². The number of H-pyrrole nitrogens is 1. The van der Waals surface area contributed by atoms with Crippen LogP contribution in [0.2, 0.25) is 5.02 Å². The summed E-state index contributed by atoms with van der Waals surface area (Å²) in [6.07, 6.45) is 1.62. The number of hydrogen-bond acceptors (Lipinski definition) is 3. The largest absolute Gasteiger partial charge is 0.304 e. The van der Waals surface area contributed by atoms with Crippen LogP contribution in [0.4, 0.5) is 0 Å². The summed E-state index contributed by atoms with van der Waals surface area (Å²) >= 11 is 8.06. The van der Waals surface area contributed by atoms with Crippen LogP contribution in [0.15, 0.2) is 23.1 Å². The minimum atomic E-state index is -0.161. The molecular weight excluding hydrogens is 365 g/mol. The Morgan fingerprint density at radius 1 is 1.44 bits per heavy atom. The molecular formula is C12H11ClIN3O. The fraction of sp³-hybridized carbons (Fsp3) is 0.250. The monoisotopic (exact) mass is 375 g/mol. The lowest BCUT2D eigenvalue weighted by molar-refractivity contribution is 0.801. The Morgan fingerprint density at radius 3 is 2.78 bits per heavy atom. The van der Waals surface area contributed by atoms with Crippen LogP contribution in [0.3, 0.4) is 0 Å². The van der Waals surface area contributed by atoms with E-state index in [0.717, 1.165) is 5.69 Å². The van der Waals surface area contributed by atoms with Crippen molar-refractivity contribution in [1.29, 1.82) is 0 Å². The van der Waals surface area contributed by atoms with Crippen molar-refractivity contribution < 1.29 is 0 Å². The third-order valence-corrected chi connectivity index (χ3v) is 3.77. The zero-order chi connectivity index (χ0) is 13.3. The van der Waals surface area contributed by atoms with Crippen molar-refractivity contribution in [1.82, 2.24) is 15.0 Å². The van der Waals surface area contributed by atoms with Gasteiger partial charge in [0.2, 0.25) is 0 Å². The van der Waals surface area contributed by atoms with Gasteiger partial charge >= 0.3 is 0 Å². The van der Waals surface area contributed by atoms with E-state index in [1.54, 1.807) is 18.3 Å². The molecule has 0 fully saturated rings.